The summed E-state index contributed by atoms with van der Waals surface area (Å²) in [6.45, 7) is 9.86. The molecule has 0 aromatic carbocycles. The van der Waals surface area contributed by atoms with Gasteiger partial charge < -0.3 is 15.7 Å². The van der Waals surface area contributed by atoms with E-state index in [1.807, 2.05) is 13.0 Å². The molecule has 0 aliphatic heterocycles. The van der Waals surface area contributed by atoms with Crippen LogP contribution in [-0.4, -0.2) is 48.7 Å². The van der Waals surface area contributed by atoms with E-state index in [2.05, 4.69) is 68.4 Å². The van der Waals surface area contributed by atoms with Gasteiger partial charge in [0.1, 0.15) is 26.9 Å². The Hall–Kier alpha value is -3.46. The fraction of sp³-hybridized carbons (Fsp3) is 0.400. The van der Waals surface area contributed by atoms with Crippen LogP contribution in [0.2, 0.25) is 5.02 Å². The highest BCUT2D eigenvalue weighted by Crippen LogP contribution is 2.27. The summed E-state index contributed by atoms with van der Waals surface area (Å²) in [4.78, 5) is 38.3. The summed E-state index contributed by atoms with van der Waals surface area (Å²) in [5.41, 5.74) is 1.86. The van der Waals surface area contributed by atoms with Crippen molar-refractivity contribution in [1.29, 1.82) is 0 Å². The van der Waals surface area contributed by atoms with Crippen molar-refractivity contribution in [2.75, 3.05) is 11.9 Å². The highest BCUT2D eigenvalue weighted by atomic mass is 35.5. The summed E-state index contributed by atoms with van der Waals surface area (Å²) in [5.74, 6) is 5.10. The Morgan fingerprint density at radius 3 is 2.65 bits per heavy atom. The second-order valence-electron chi connectivity index (χ2n) is 9.20. The number of anilines is 1. The van der Waals surface area contributed by atoms with Crippen molar-refractivity contribution in [2.45, 2.75) is 58.9 Å². The van der Waals surface area contributed by atoms with E-state index >= 15 is 0 Å². The van der Waals surface area contributed by atoms with Gasteiger partial charge in [-0.25, -0.2) is 15.0 Å². The van der Waals surface area contributed by atoms with Crippen molar-refractivity contribution in [2.24, 2.45) is 0 Å². The monoisotopic (exact) mass is 541 g/mol. The van der Waals surface area contributed by atoms with Gasteiger partial charge in [-0.2, -0.15) is 5.10 Å². The number of carbonyl (C=O) groups is 2. The molecule has 0 fully saturated rings. The predicted molar refractivity (Wildman–Crippen MR) is 142 cm³/mol. The molecule has 3 aromatic rings. The van der Waals surface area contributed by atoms with Gasteiger partial charge in [0, 0.05) is 13.0 Å². The summed E-state index contributed by atoms with van der Waals surface area (Å²) in [7, 11) is 0. The largest absolute Gasteiger partial charge is 0.396 e. The highest BCUT2D eigenvalue weighted by molar-refractivity contribution is 7.13. The zero-order valence-electron chi connectivity index (χ0n) is 21.2. The number of halogens is 1. The predicted octanol–water partition coefficient (Wildman–Crippen LogP) is 3.85. The number of hydrogen-bond acceptors (Lipinski definition) is 9. The third-order valence-corrected chi connectivity index (χ3v) is 6.70. The van der Waals surface area contributed by atoms with Crippen molar-refractivity contribution in [1.82, 2.24) is 30.5 Å². The molecule has 0 spiro atoms. The number of aliphatic hydroxyl groups is 1. The van der Waals surface area contributed by atoms with Gasteiger partial charge in [0.25, 0.3) is 11.8 Å². The van der Waals surface area contributed by atoms with E-state index in [9.17, 15) is 9.59 Å². The molecule has 1 unspecified atom stereocenters. The van der Waals surface area contributed by atoms with Crippen LogP contribution in [0.5, 0.6) is 0 Å². The standard InChI is InChI=1S/C25H28ClN7O3S/c1-14-16(25(3,4)5)11-19(33-32-14)31-22(35)18-12-27-24(37-18)15(2)30-23(36)21-20(26)17(28-13-29-21)9-7-6-8-10-34/h11-13,15,34H,6,8,10H2,1-5H3,(H,30,36)(H,31,33,35). The zero-order chi connectivity index (χ0) is 27.2. The fourth-order valence-electron chi connectivity index (χ4n) is 3.30. The van der Waals surface area contributed by atoms with Crippen LogP contribution in [0.15, 0.2) is 18.6 Å². The van der Waals surface area contributed by atoms with Gasteiger partial charge in [0.2, 0.25) is 0 Å². The van der Waals surface area contributed by atoms with E-state index in [-0.39, 0.29) is 34.3 Å². The zero-order valence-corrected chi connectivity index (χ0v) is 22.8. The molecule has 194 valence electrons. The van der Waals surface area contributed by atoms with Crippen LogP contribution in [-0.2, 0) is 5.41 Å². The Morgan fingerprint density at radius 1 is 1.19 bits per heavy atom. The van der Waals surface area contributed by atoms with Crippen LogP contribution in [0.1, 0.15) is 88.7 Å². The number of carbonyl (C=O) groups excluding carboxylic acids is 2. The maximum atomic E-state index is 12.8. The molecule has 0 saturated carbocycles. The van der Waals surface area contributed by atoms with Gasteiger partial charge in [0.15, 0.2) is 11.5 Å². The van der Waals surface area contributed by atoms with Crippen molar-refractivity contribution >= 4 is 40.6 Å². The van der Waals surface area contributed by atoms with E-state index < -0.39 is 11.9 Å². The molecule has 12 heteroatoms. The number of unbranched alkanes of at least 4 members (excludes halogenated alkanes) is 1. The molecule has 0 radical (unpaired) electrons. The van der Waals surface area contributed by atoms with Crippen molar-refractivity contribution in [3.05, 3.63) is 56.1 Å². The lowest BCUT2D eigenvalue weighted by atomic mass is 9.86. The lowest BCUT2D eigenvalue weighted by Crippen LogP contribution is -2.28. The van der Waals surface area contributed by atoms with Crippen LogP contribution in [0.25, 0.3) is 0 Å². The molecular formula is C25H28ClN7O3S. The number of aromatic nitrogens is 5. The molecular weight excluding hydrogens is 514 g/mol. The average Bonchev–Trinajstić information content (AvgIpc) is 3.34. The topological polar surface area (TPSA) is 143 Å². The van der Waals surface area contributed by atoms with Crippen LogP contribution in [0.3, 0.4) is 0 Å². The van der Waals surface area contributed by atoms with E-state index in [1.54, 1.807) is 6.92 Å². The number of aliphatic hydroxyl groups excluding tert-OH is 1. The SMILES string of the molecule is Cc1nnc(NC(=O)c2cnc(C(C)NC(=O)c3ncnc(C#CCCCO)c3Cl)s2)cc1C(C)(C)C. The van der Waals surface area contributed by atoms with Crippen molar-refractivity contribution in [3.63, 3.8) is 0 Å². The maximum absolute atomic E-state index is 12.8. The lowest BCUT2D eigenvalue weighted by Gasteiger charge is -2.21. The number of amides is 2. The fourth-order valence-corrected chi connectivity index (χ4v) is 4.35. The number of rotatable bonds is 7. The maximum Gasteiger partial charge on any atom is 0.272 e. The highest BCUT2D eigenvalue weighted by Gasteiger charge is 2.22. The Labute approximate surface area is 224 Å². The number of aryl methyl sites for hydroxylation is 1. The second kappa shape index (κ2) is 12.2. The minimum Gasteiger partial charge on any atom is -0.396 e. The molecule has 37 heavy (non-hydrogen) atoms. The third-order valence-electron chi connectivity index (χ3n) is 5.16. The molecule has 2 amide bonds. The number of nitrogens with one attached hydrogen (secondary N) is 2. The molecule has 1 atom stereocenters. The molecule has 10 nitrogen and oxygen atoms in total. The van der Waals surface area contributed by atoms with E-state index in [0.717, 1.165) is 22.6 Å². The summed E-state index contributed by atoms with van der Waals surface area (Å²) in [6.07, 6.45) is 3.67. The van der Waals surface area contributed by atoms with Crippen LogP contribution in [0.4, 0.5) is 5.82 Å². The van der Waals surface area contributed by atoms with Crippen molar-refractivity contribution < 1.29 is 14.7 Å². The van der Waals surface area contributed by atoms with E-state index in [0.29, 0.717) is 28.5 Å². The minimum absolute atomic E-state index is 0.0166. The smallest absolute Gasteiger partial charge is 0.272 e. The molecule has 3 heterocycles. The first-order valence-electron chi connectivity index (χ1n) is 11.5. The lowest BCUT2D eigenvalue weighted by molar-refractivity contribution is 0.0934. The van der Waals surface area contributed by atoms with Gasteiger partial charge in [0.05, 0.1) is 17.9 Å². The third kappa shape index (κ3) is 7.29. The number of nitrogens with zero attached hydrogens (tertiary/aromatic N) is 5. The van der Waals surface area contributed by atoms with Gasteiger partial charge >= 0.3 is 0 Å². The van der Waals surface area contributed by atoms with Gasteiger partial charge in [-0.3, -0.25) is 9.59 Å². The number of hydrogen-bond donors (Lipinski definition) is 3. The minimum atomic E-state index is -0.524. The normalized spacial score (nSPS) is 11.9. The van der Waals surface area contributed by atoms with Crippen LogP contribution in [0, 0.1) is 18.8 Å². The molecule has 0 saturated heterocycles. The summed E-state index contributed by atoms with van der Waals surface area (Å²) >= 11 is 7.45. The van der Waals surface area contributed by atoms with Crippen molar-refractivity contribution in [3.8, 4) is 11.8 Å². The molecule has 0 bridgehead atoms. The Balaban J connectivity index is 1.68. The second-order valence-corrected chi connectivity index (χ2v) is 10.6. The number of thiazole rings is 1. The first-order chi connectivity index (χ1) is 17.5. The van der Waals surface area contributed by atoms with Gasteiger partial charge in [-0.15, -0.1) is 16.4 Å². The van der Waals surface area contributed by atoms with Crippen LogP contribution < -0.4 is 10.6 Å². The molecule has 3 N–H and O–H groups in total. The molecule has 0 aliphatic carbocycles. The molecule has 0 aliphatic rings. The van der Waals surface area contributed by atoms with Crippen LogP contribution >= 0.6 is 22.9 Å². The van der Waals surface area contributed by atoms with E-state index in [1.165, 1.54) is 12.5 Å². The summed E-state index contributed by atoms with van der Waals surface area (Å²) in [5, 5.41) is 23.2. The summed E-state index contributed by atoms with van der Waals surface area (Å²) in [6, 6.07) is 1.30. The van der Waals surface area contributed by atoms with Gasteiger partial charge in [-0.05, 0) is 43.2 Å². The van der Waals surface area contributed by atoms with E-state index in [4.69, 9.17) is 16.7 Å². The first kappa shape index (κ1) is 28.1. The summed E-state index contributed by atoms with van der Waals surface area (Å²) < 4.78 is 0. The quantitative estimate of drug-likeness (QED) is 0.302. The van der Waals surface area contributed by atoms with Gasteiger partial charge in [-0.1, -0.05) is 38.3 Å². The molecule has 3 rings (SSSR count). The Kier molecular flexibility index (Phi) is 9.26. The molecule has 3 aromatic heterocycles. The Bertz CT molecular complexity index is 1360. The average molecular weight is 542 g/mol. The Morgan fingerprint density at radius 2 is 1.95 bits per heavy atom. The first-order valence-corrected chi connectivity index (χ1v) is 12.7.